The summed E-state index contributed by atoms with van der Waals surface area (Å²) in [5.41, 5.74) is 23.3. The van der Waals surface area contributed by atoms with Gasteiger partial charge in [0.1, 0.15) is 33.8 Å². The van der Waals surface area contributed by atoms with Crippen LogP contribution >= 0.6 is 0 Å². The molecule has 402 valence electrons. The van der Waals surface area contributed by atoms with Gasteiger partial charge in [0.05, 0.1) is 28.4 Å². The van der Waals surface area contributed by atoms with Crippen LogP contribution in [0, 0.1) is 0 Å². The first-order valence-corrected chi connectivity index (χ1v) is 29.5. The molecule has 0 spiro atoms. The van der Waals surface area contributed by atoms with Crippen molar-refractivity contribution in [3.05, 3.63) is 254 Å². The Kier molecular flexibility index (Phi) is 10.1. The molecule has 0 atom stereocenters. The molecular weight excluding hydrogens is 1040 g/mol. The molecule has 0 fully saturated rings. The lowest BCUT2D eigenvalue weighted by molar-refractivity contribution is 0.487. The van der Waals surface area contributed by atoms with Crippen LogP contribution in [-0.4, -0.2) is 20.8 Å². The molecule has 7 heterocycles. The minimum atomic E-state index is -0.205. The highest BCUT2D eigenvalue weighted by Gasteiger charge is 2.43. The van der Waals surface area contributed by atoms with Crippen molar-refractivity contribution in [2.24, 2.45) is 0 Å². The average Bonchev–Trinajstić information content (AvgIpc) is 1.67. The number of hydrogen-bond acceptors (Lipinski definition) is 5. The van der Waals surface area contributed by atoms with Gasteiger partial charge in [0.25, 0.3) is 6.71 Å². The summed E-state index contributed by atoms with van der Waals surface area (Å²) in [5, 5.41) is 7.78. The summed E-state index contributed by atoms with van der Waals surface area (Å²) in [6.45, 7) is 6.70. The van der Waals surface area contributed by atoms with Crippen LogP contribution in [0.1, 0.15) is 44.0 Å². The van der Waals surface area contributed by atoms with Crippen LogP contribution in [0.25, 0.3) is 116 Å². The van der Waals surface area contributed by atoms with Crippen LogP contribution in [-0.2, 0) is 11.8 Å². The number of pyridine rings is 1. The maximum atomic E-state index is 7.59. The number of anilines is 3. The molecule has 3 aliphatic rings. The van der Waals surface area contributed by atoms with E-state index in [1.54, 1.807) is 0 Å². The smallest absolute Gasteiger partial charge is 0.256 e. The zero-order chi connectivity index (χ0) is 56.2. The van der Waals surface area contributed by atoms with Gasteiger partial charge in [-0.25, -0.2) is 0 Å². The Balaban J connectivity index is 0.942. The predicted molar refractivity (Wildman–Crippen MR) is 352 cm³/mol. The molecule has 5 aromatic heterocycles. The fraction of sp³-hybridized carbons (Fsp3) is 0.0779. The van der Waals surface area contributed by atoms with Gasteiger partial charge < -0.3 is 27.6 Å². The van der Waals surface area contributed by atoms with E-state index >= 15 is 0 Å². The standard InChI is InChI=1S/C77H53BN4O3/c1-77(2,3)48-30-35-64(58(42-48)46-18-7-6-8-19-46)82-65-43-49(80-61-26-10-5-4-9-20-52(61)53-21-11-14-27-62(53)80)31-33-59(65)78-60-34-32-50(81-63-28-15-12-22-54(63)55-38-39-79-45-67(55)81)44-71(60)84-72-41-47(40-66(82)75(72)78)51-24-17-25-57-74-70(85-76(51)57)37-36-69-73(74)56-23-13-16-29-68(56)83-69/h5-25,27-45H,4,26H2,1-3H3/b10-5-,20-9-. The van der Waals surface area contributed by atoms with Crippen molar-refractivity contribution in [3.8, 4) is 45.1 Å². The third kappa shape index (κ3) is 7.06. The normalized spacial score (nSPS) is 14.4. The highest BCUT2D eigenvalue weighted by molar-refractivity contribution is 6.99. The fourth-order valence-corrected chi connectivity index (χ4v) is 14.4. The topological polar surface area (TPSA) is 61.5 Å². The molecule has 18 rings (SSSR count). The van der Waals surface area contributed by atoms with Crippen molar-refractivity contribution in [1.29, 1.82) is 0 Å². The van der Waals surface area contributed by atoms with E-state index in [9.17, 15) is 0 Å². The number of aromatic nitrogens is 3. The molecule has 0 radical (unpaired) electrons. The van der Waals surface area contributed by atoms with Crippen LogP contribution in [0.5, 0.6) is 11.5 Å². The SMILES string of the molecule is CC(C)(C)c1ccc(N2c3cc(-n4c5c(c6ccccc64)/C=C\C/C=C\C5)ccc3B3c4ccc(-n5c6ccccc6c6ccncc65)cc4Oc4cc(-c5cccc6c5oc5ccc7oc8ccccc8c7c56)cc2c43)c(-c2ccccc2)c1. The summed E-state index contributed by atoms with van der Waals surface area (Å²) in [7, 11) is 0. The number of fused-ring (bicyclic) bond motifs is 17. The third-order valence-corrected chi connectivity index (χ3v) is 18.3. The van der Waals surface area contributed by atoms with Crippen LogP contribution in [0.2, 0.25) is 0 Å². The number of allylic oxidation sites excluding steroid dienone is 3. The van der Waals surface area contributed by atoms with Gasteiger partial charge in [0, 0.05) is 102 Å². The maximum Gasteiger partial charge on any atom is 0.256 e. The average molecular weight is 1090 g/mol. The number of benzene rings is 10. The second-order valence-electron chi connectivity index (χ2n) is 24.1. The summed E-state index contributed by atoms with van der Waals surface area (Å²) in [6.07, 6.45) is 14.8. The molecular formula is C77H53BN4O3. The molecule has 0 unspecified atom stereocenters. The van der Waals surface area contributed by atoms with E-state index in [0.29, 0.717) is 0 Å². The molecule has 85 heavy (non-hydrogen) atoms. The van der Waals surface area contributed by atoms with Gasteiger partial charge in [0.2, 0.25) is 0 Å². The lowest BCUT2D eigenvalue weighted by atomic mass is 9.34. The largest absolute Gasteiger partial charge is 0.458 e. The Labute approximate surface area is 490 Å². The molecule has 0 N–H and O–H groups in total. The lowest BCUT2D eigenvalue weighted by Crippen LogP contribution is -2.59. The molecule has 0 saturated heterocycles. The molecule has 1 aliphatic carbocycles. The lowest BCUT2D eigenvalue weighted by Gasteiger charge is -2.41. The van der Waals surface area contributed by atoms with Crippen molar-refractivity contribution in [2.45, 2.75) is 39.0 Å². The molecule has 0 saturated carbocycles. The molecule has 8 heteroatoms. The van der Waals surface area contributed by atoms with Crippen molar-refractivity contribution < 1.29 is 13.6 Å². The van der Waals surface area contributed by atoms with Gasteiger partial charge in [0.15, 0.2) is 0 Å². The van der Waals surface area contributed by atoms with Crippen LogP contribution in [0.3, 0.4) is 0 Å². The van der Waals surface area contributed by atoms with Gasteiger partial charge in [-0.15, -0.1) is 0 Å². The van der Waals surface area contributed by atoms with Gasteiger partial charge in [-0.2, -0.15) is 0 Å². The quantitative estimate of drug-likeness (QED) is 0.127. The van der Waals surface area contributed by atoms with Crippen LogP contribution in [0.4, 0.5) is 17.1 Å². The van der Waals surface area contributed by atoms with Crippen molar-refractivity contribution in [1.82, 2.24) is 14.1 Å². The molecule has 0 amide bonds. The Bertz CT molecular complexity index is 5360. The van der Waals surface area contributed by atoms with E-state index in [1.165, 1.54) is 38.6 Å². The van der Waals surface area contributed by atoms with E-state index in [1.807, 2.05) is 30.6 Å². The van der Waals surface area contributed by atoms with Gasteiger partial charge in [-0.05, 0) is 124 Å². The fourth-order valence-electron chi connectivity index (χ4n) is 14.4. The van der Waals surface area contributed by atoms with E-state index in [4.69, 9.17) is 13.6 Å². The zero-order valence-electron chi connectivity index (χ0n) is 47.1. The van der Waals surface area contributed by atoms with Gasteiger partial charge in [-0.1, -0.05) is 166 Å². The zero-order valence-corrected chi connectivity index (χ0v) is 47.1. The number of furan rings is 2. The minimum Gasteiger partial charge on any atom is -0.458 e. The minimum absolute atomic E-state index is 0.111. The molecule has 15 aromatic rings. The number of ether oxygens (including phenoxy) is 1. The summed E-state index contributed by atoms with van der Waals surface area (Å²) < 4.78 is 26.0. The summed E-state index contributed by atoms with van der Waals surface area (Å²) >= 11 is 0. The Hall–Kier alpha value is -10.6. The summed E-state index contributed by atoms with van der Waals surface area (Å²) in [5.74, 6) is 1.61. The van der Waals surface area contributed by atoms with Gasteiger partial charge >= 0.3 is 0 Å². The van der Waals surface area contributed by atoms with Gasteiger partial charge in [-0.3, -0.25) is 4.98 Å². The molecule has 10 aromatic carbocycles. The second-order valence-corrected chi connectivity index (χ2v) is 24.1. The van der Waals surface area contributed by atoms with Crippen molar-refractivity contribution in [3.63, 3.8) is 0 Å². The first-order chi connectivity index (χ1) is 41.8. The molecule has 7 nitrogen and oxygen atoms in total. The summed E-state index contributed by atoms with van der Waals surface area (Å²) in [6, 6.07) is 75.3. The number of hydrogen-bond donors (Lipinski definition) is 0. The number of para-hydroxylation sites is 4. The Morgan fingerprint density at radius 3 is 2.07 bits per heavy atom. The van der Waals surface area contributed by atoms with E-state index < -0.39 is 0 Å². The van der Waals surface area contributed by atoms with E-state index in [0.717, 1.165) is 146 Å². The Morgan fingerprint density at radius 2 is 1.21 bits per heavy atom. The highest BCUT2D eigenvalue weighted by Crippen LogP contribution is 2.50. The monoisotopic (exact) mass is 1090 g/mol. The summed E-state index contributed by atoms with van der Waals surface area (Å²) in [4.78, 5) is 7.20. The van der Waals surface area contributed by atoms with Crippen molar-refractivity contribution >= 4 is 123 Å². The number of nitrogens with zero attached hydrogens (tertiary/aromatic N) is 4. The highest BCUT2D eigenvalue weighted by atomic mass is 16.5. The number of rotatable bonds is 5. The van der Waals surface area contributed by atoms with Crippen molar-refractivity contribution in [2.75, 3.05) is 4.90 Å². The molecule has 0 bridgehead atoms. The molecule has 2 aliphatic heterocycles. The first-order valence-electron chi connectivity index (χ1n) is 29.5. The maximum absolute atomic E-state index is 7.59. The van der Waals surface area contributed by atoms with E-state index in [-0.39, 0.29) is 12.1 Å². The Morgan fingerprint density at radius 1 is 0.482 bits per heavy atom. The third-order valence-electron chi connectivity index (χ3n) is 18.3. The van der Waals surface area contributed by atoms with Crippen LogP contribution < -0.4 is 26.0 Å². The van der Waals surface area contributed by atoms with Crippen LogP contribution in [0.15, 0.2) is 246 Å². The predicted octanol–water partition coefficient (Wildman–Crippen LogP) is 18.5. The van der Waals surface area contributed by atoms with E-state index in [2.05, 4.69) is 252 Å². The first kappa shape index (κ1) is 48.0. The second kappa shape index (κ2) is 18.0.